The van der Waals surface area contributed by atoms with E-state index in [2.05, 4.69) is 15.5 Å². The molecule has 25 heavy (non-hydrogen) atoms. The number of rotatable bonds is 5. The molecule has 1 aliphatic carbocycles. The Morgan fingerprint density at radius 2 is 1.92 bits per heavy atom. The molecule has 5 nitrogen and oxygen atoms in total. The van der Waals surface area contributed by atoms with Crippen molar-refractivity contribution in [1.82, 2.24) is 10.2 Å². The highest BCUT2D eigenvalue weighted by molar-refractivity contribution is 5.90. The van der Waals surface area contributed by atoms with E-state index in [9.17, 15) is 9.59 Å². The molecule has 1 heterocycles. The Morgan fingerprint density at radius 3 is 2.68 bits per heavy atom. The Bertz CT molecular complexity index is 611. The molecule has 1 saturated heterocycles. The molecule has 1 aliphatic heterocycles. The van der Waals surface area contributed by atoms with E-state index in [1.54, 1.807) is 0 Å². The first kappa shape index (κ1) is 17.8. The van der Waals surface area contributed by atoms with E-state index in [-0.39, 0.29) is 11.9 Å². The Morgan fingerprint density at radius 1 is 1.16 bits per heavy atom. The van der Waals surface area contributed by atoms with Crippen molar-refractivity contribution in [2.75, 3.05) is 18.4 Å². The van der Waals surface area contributed by atoms with Crippen LogP contribution in [0.3, 0.4) is 0 Å². The lowest BCUT2D eigenvalue weighted by Crippen LogP contribution is -2.39. The van der Waals surface area contributed by atoms with Crippen LogP contribution in [0.1, 0.15) is 51.0 Å². The van der Waals surface area contributed by atoms with Crippen molar-refractivity contribution in [3.05, 3.63) is 29.8 Å². The van der Waals surface area contributed by atoms with Crippen LogP contribution in [0.4, 0.5) is 10.5 Å². The van der Waals surface area contributed by atoms with Gasteiger partial charge in [0, 0.05) is 30.7 Å². The molecule has 0 aromatic heterocycles. The van der Waals surface area contributed by atoms with Crippen molar-refractivity contribution in [2.24, 2.45) is 5.92 Å². The maximum Gasteiger partial charge on any atom is 0.319 e. The molecule has 3 rings (SSSR count). The lowest BCUT2D eigenvalue weighted by Gasteiger charge is -2.31. The molecule has 2 fully saturated rings. The molecule has 0 spiro atoms. The molecule has 2 aliphatic rings. The van der Waals surface area contributed by atoms with Gasteiger partial charge in [-0.3, -0.25) is 4.79 Å². The van der Waals surface area contributed by atoms with Crippen LogP contribution in [0.15, 0.2) is 24.3 Å². The number of urea groups is 1. The fraction of sp³-hybridized carbons (Fsp3) is 0.600. The molecular weight excluding hydrogens is 314 g/mol. The molecule has 2 N–H and O–H groups in total. The molecule has 1 aromatic carbocycles. The van der Waals surface area contributed by atoms with Crippen molar-refractivity contribution in [2.45, 2.75) is 57.9 Å². The lowest BCUT2D eigenvalue weighted by molar-refractivity contribution is -0.133. The topological polar surface area (TPSA) is 61.4 Å². The number of nitrogens with one attached hydrogen (secondary N) is 2. The monoisotopic (exact) mass is 343 g/mol. The average molecular weight is 343 g/mol. The van der Waals surface area contributed by atoms with Crippen LogP contribution in [0, 0.1) is 5.92 Å². The van der Waals surface area contributed by atoms with E-state index in [0.717, 1.165) is 37.1 Å². The summed E-state index contributed by atoms with van der Waals surface area (Å²) in [6, 6.07) is 8.06. The standard InChI is InChI=1S/C20H29N3O2/c1-2-21-20(25)22-18-11-7-6-8-15(18)14-16-12-13-23(19(16)24)17-9-4-3-5-10-17/h6-8,11,16-17H,2-5,9-10,12-14H2,1H3,(H2,21,22,25). The van der Waals surface area contributed by atoms with Gasteiger partial charge in [-0.15, -0.1) is 0 Å². The number of amides is 3. The van der Waals surface area contributed by atoms with Crippen LogP contribution in [0.5, 0.6) is 0 Å². The summed E-state index contributed by atoms with van der Waals surface area (Å²) in [4.78, 5) is 26.8. The summed E-state index contributed by atoms with van der Waals surface area (Å²) >= 11 is 0. The van der Waals surface area contributed by atoms with Gasteiger partial charge in [-0.05, 0) is 44.2 Å². The molecule has 1 aromatic rings. The second kappa shape index (κ2) is 8.37. The van der Waals surface area contributed by atoms with E-state index < -0.39 is 0 Å². The summed E-state index contributed by atoms with van der Waals surface area (Å²) in [5, 5.41) is 5.65. The van der Waals surface area contributed by atoms with E-state index in [1.165, 1.54) is 19.3 Å². The highest BCUT2D eigenvalue weighted by Gasteiger charge is 2.36. The van der Waals surface area contributed by atoms with Gasteiger partial charge in [0.2, 0.25) is 5.91 Å². The summed E-state index contributed by atoms with van der Waals surface area (Å²) in [5.41, 5.74) is 1.84. The third-order valence-corrected chi connectivity index (χ3v) is 5.44. The maximum atomic E-state index is 12.9. The summed E-state index contributed by atoms with van der Waals surface area (Å²) in [7, 11) is 0. The Kier molecular flexibility index (Phi) is 5.95. The quantitative estimate of drug-likeness (QED) is 0.859. The molecular formula is C20H29N3O2. The minimum Gasteiger partial charge on any atom is -0.339 e. The lowest BCUT2D eigenvalue weighted by atomic mass is 9.94. The summed E-state index contributed by atoms with van der Waals surface area (Å²) in [5.74, 6) is 0.346. The van der Waals surface area contributed by atoms with Crippen molar-refractivity contribution >= 4 is 17.6 Å². The highest BCUT2D eigenvalue weighted by Crippen LogP contribution is 2.31. The summed E-state index contributed by atoms with van der Waals surface area (Å²) < 4.78 is 0. The van der Waals surface area contributed by atoms with E-state index in [0.29, 0.717) is 24.9 Å². The molecule has 0 radical (unpaired) electrons. The normalized spacial score (nSPS) is 21.4. The minimum atomic E-state index is -0.198. The Balaban J connectivity index is 1.64. The van der Waals surface area contributed by atoms with Crippen LogP contribution in [-0.4, -0.2) is 36.0 Å². The SMILES string of the molecule is CCNC(=O)Nc1ccccc1CC1CCN(C2CCCCC2)C1=O. The van der Waals surface area contributed by atoms with Crippen molar-refractivity contribution < 1.29 is 9.59 Å². The van der Waals surface area contributed by atoms with Gasteiger partial charge in [0.1, 0.15) is 0 Å². The van der Waals surface area contributed by atoms with Gasteiger partial charge in [0.25, 0.3) is 0 Å². The van der Waals surface area contributed by atoms with E-state index in [1.807, 2.05) is 31.2 Å². The van der Waals surface area contributed by atoms with Gasteiger partial charge in [0.15, 0.2) is 0 Å². The van der Waals surface area contributed by atoms with Gasteiger partial charge >= 0.3 is 6.03 Å². The van der Waals surface area contributed by atoms with Crippen LogP contribution < -0.4 is 10.6 Å². The Labute approximate surface area is 150 Å². The van der Waals surface area contributed by atoms with Crippen molar-refractivity contribution in [3.8, 4) is 0 Å². The number of hydrogen-bond acceptors (Lipinski definition) is 2. The Hall–Kier alpha value is -2.04. The zero-order chi connectivity index (χ0) is 17.6. The molecule has 0 bridgehead atoms. The minimum absolute atomic E-state index is 0.0408. The predicted octanol–water partition coefficient (Wildman–Crippen LogP) is 3.55. The molecule has 1 saturated carbocycles. The number of likely N-dealkylation sites (tertiary alicyclic amines) is 1. The average Bonchev–Trinajstić information content (AvgIpc) is 2.98. The first-order valence-electron chi connectivity index (χ1n) is 9.62. The van der Waals surface area contributed by atoms with Gasteiger partial charge in [-0.25, -0.2) is 4.79 Å². The van der Waals surface area contributed by atoms with Crippen LogP contribution in [0.2, 0.25) is 0 Å². The zero-order valence-corrected chi connectivity index (χ0v) is 15.1. The molecule has 1 atom stereocenters. The van der Waals surface area contributed by atoms with Gasteiger partial charge < -0.3 is 15.5 Å². The van der Waals surface area contributed by atoms with E-state index >= 15 is 0 Å². The maximum absolute atomic E-state index is 12.9. The summed E-state index contributed by atoms with van der Waals surface area (Å²) in [6.07, 6.45) is 7.74. The second-order valence-corrected chi connectivity index (χ2v) is 7.15. The van der Waals surface area contributed by atoms with Crippen molar-refractivity contribution in [3.63, 3.8) is 0 Å². The number of hydrogen-bond donors (Lipinski definition) is 2. The number of anilines is 1. The largest absolute Gasteiger partial charge is 0.339 e. The van der Waals surface area contributed by atoms with E-state index in [4.69, 9.17) is 0 Å². The first-order chi connectivity index (χ1) is 12.2. The predicted molar refractivity (Wildman–Crippen MR) is 99.5 cm³/mol. The third kappa shape index (κ3) is 4.33. The molecule has 136 valence electrons. The smallest absolute Gasteiger partial charge is 0.319 e. The highest BCUT2D eigenvalue weighted by atomic mass is 16.2. The van der Waals surface area contributed by atoms with Gasteiger partial charge in [-0.1, -0.05) is 37.5 Å². The molecule has 3 amide bonds. The fourth-order valence-corrected chi connectivity index (χ4v) is 4.12. The third-order valence-electron chi connectivity index (χ3n) is 5.44. The first-order valence-corrected chi connectivity index (χ1v) is 9.62. The second-order valence-electron chi connectivity index (χ2n) is 7.15. The molecule has 5 heteroatoms. The number of carbonyl (C=O) groups is 2. The summed E-state index contributed by atoms with van der Waals surface area (Å²) in [6.45, 7) is 3.37. The number of para-hydroxylation sites is 1. The number of benzene rings is 1. The zero-order valence-electron chi connectivity index (χ0n) is 15.1. The van der Waals surface area contributed by atoms with Crippen LogP contribution in [-0.2, 0) is 11.2 Å². The fourth-order valence-electron chi connectivity index (χ4n) is 4.12. The van der Waals surface area contributed by atoms with Crippen LogP contribution >= 0.6 is 0 Å². The molecule has 1 unspecified atom stereocenters. The van der Waals surface area contributed by atoms with Crippen molar-refractivity contribution in [1.29, 1.82) is 0 Å². The number of carbonyl (C=O) groups excluding carboxylic acids is 2. The number of nitrogens with zero attached hydrogens (tertiary/aromatic N) is 1. The van der Waals surface area contributed by atoms with Gasteiger partial charge in [-0.2, -0.15) is 0 Å². The van der Waals surface area contributed by atoms with Crippen LogP contribution in [0.25, 0.3) is 0 Å². The van der Waals surface area contributed by atoms with Gasteiger partial charge in [0.05, 0.1) is 0 Å².